The smallest absolute Gasteiger partial charge is 0.00978 e. The summed E-state index contributed by atoms with van der Waals surface area (Å²) in [6.07, 6.45) is 2.59. The molecule has 0 spiro atoms. The standard InChI is InChI=1S/C6H14S/c1-6(2)4-3-5-7/h6-7H,3-5H2,1-2H3. The average Bonchev–Trinajstić information content (AvgIpc) is 1.61. The summed E-state index contributed by atoms with van der Waals surface area (Å²) in [4.78, 5) is 0. The van der Waals surface area contributed by atoms with Crippen molar-refractivity contribution in [3.63, 3.8) is 0 Å². The van der Waals surface area contributed by atoms with E-state index in [1.807, 2.05) is 0 Å². The Labute approximate surface area is 51.7 Å². The molecule has 0 aromatic rings. The number of rotatable bonds is 3. The van der Waals surface area contributed by atoms with E-state index in [0.29, 0.717) is 0 Å². The van der Waals surface area contributed by atoms with E-state index in [4.69, 9.17) is 0 Å². The van der Waals surface area contributed by atoms with Gasteiger partial charge in [-0.2, -0.15) is 12.6 Å². The zero-order valence-electron chi connectivity index (χ0n) is 5.15. The first kappa shape index (κ1) is 7.35. The lowest BCUT2D eigenvalue weighted by Gasteiger charge is -1.98. The summed E-state index contributed by atoms with van der Waals surface area (Å²) in [6, 6.07) is 0. The van der Waals surface area contributed by atoms with Crippen molar-refractivity contribution in [1.82, 2.24) is 0 Å². The summed E-state index contributed by atoms with van der Waals surface area (Å²) in [5.74, 6) is 1.89. The molecule has 0 aliphatic heterocycles. The maximum absolute atomic E-state index is 4.10. The molecule has 0 saturated carbocycles. The van der Waals surface area contributed by atoms with Crippen LogP contribution in [0.25, 0.3) is 0 Å². The molecule has 0 radical (unpaired) electrons. The molecule has 0 aliphatic carbocycles. The predicted octanol–water partition coefficient (Wildman–Crippen LogP) is 2.35. The molecule has 0 unspecified atom stereocenters. The second kappa shape index (κ2) is 4.51. The Kier molecular flexibility index (Phi) is 4.73. The molecule has 0 N–H and O–H groups in total. The van der Waals surface area contributed by atoms with Gasteiger partial charge < -0.3 is 0 Å². The molecule has 0 rings (SSSR count). The van der Waals surface area contributed by atoms with E-state index in [2.05, 4.69) is 26.5 Å². The maximum atomic E-state index is 4.10. The van der Waals surface area contributed by atoms with Crippen molar-refractivity contribution in [1.29, 1.82) is 0 Å². The predicted molar refractivity (Wildman–Crippen MR) is 37.9 cm³/mol. The zero-order chi connectivity index (χ0) is 5.70. The molecule has 0 fully saturated rings. The minimum Gasteiger partial charge on any atom is -0.179 e. The lowest BCUT2D eigenvalue weighted by Crippen LogP contribution is -1.85. The molecule has 44 valence electrons. The first-order valence-electron chi connectivity index (χ1n) is 2.88. The van der Waals surface area contributed by atoms with Gasteiger partial charge in [-0.25, -0.2) is 0 Å². The van der Waals surface area contributed by atoms with E-state index < -0.39 is 0 Å². The van der Waals surface area contributed by atoms with Crippen LogP contribution in [-0.4, -0.2) is 5.75 Å². The normalized spacial score (nSPS) is 10.3. The minimum absolute atomic E-state index is 0.854. The lowest BCUT2D eigenvalue weighted by atomic mass is 10.1. The van der Waals surface area contributed by atoms with E-state index in [1.54, 1.807) is 0 Å². The molecule has 1 heteroatoms. The van der Waals surface area contributed by atoms with Gasteiger partial charge in [0.15, 0.2) is 0 Å². The molecule has 0 atom stereocenters. The summed E-state index contributed by atoms with van der Waals surface area (Å²) in [7, 11) is 0. The molecule has 7 heavy (non-hydrogen) atoms. The Morgan fingerprint density at radius 2 is 2.00 bits per heavy atom. The molecule has 0 aliphatic rings. The first-order chi connectivity index (χ1) is 3.27. The Bertz CT molecular complexity index is 33.2. The van der Waals surface area contributed by atoms with Crippen molar-refractivity contribution in [2.45, 2.75) is 26.7 Å². The van der Waals surface area contributed by atoms with Crippen molar-refractivity contribution in [3.8, 4) is 0 Å². The lowest BCUT2D eigenvalue weighted by molar-refractivity contribution is 0.579. The fourth-order valence-electron chi connectivity index (χ4n) is 0.500. The highest BCUT2D eigenvalue weighted by Gasteiger charge is 1.89. The van der Waals surface area contributed by atoms with Crippen LogP contribution in [-0.2, 0) is 0 Å². The van der Waals surface area contributed by atoms with Gasteiger partial charge in [0.2, 0.25) is 0 Å². The largest absolute Gasteiger partial charge is 0.179 e. The van der Waals surface area contributed by atoms with Gasteiger partial charge in [0.25, 0.3) is 0 Å². The second-order valence-corrected chi connectivity index (χ2v) is 2.71. The van der Waals surface area contributed by atoms with Crippen molar-refractivity contribution in [3.05, 3.63) is 0 Å². The van der Waals surface area contributed by atoms with Gasteiger partial charge in [0.1, 0.15) is 0 Å². The summed E-state index contributed by atoms with van der Waals surface area (Å²) in [6.45, 7) is 4.48. The second-order valence-electron chi connectivity index (χ2n) is 2.26. The van der Waals surface area contributed by atoms with Crippen LogP contribution in [0.5, 0.6) is 0 Å². The molecule has 0 aromatic carbocycles. The maximum Gasteiger partial charge on any atom is -0.00978 e. The highest BCUT2D eigenvalue weighted by molar-refractivity contribution is 7.80. The zero-order valence-corrected chi connectivity index (χ0v) is 6.04. The van der Waals surface area contributed by atoms with E-state index in [0.717, 1.165) is 11.7 Å². The molecule has 0 nitrogen and oxygen atoms in total. The van der Waals surface area contributed by atoms with Gasteiger partial charge in [0.05, 0.1) is 0 Å². The van der Waals surface area contributed by atoms with E-state index in [1.165, 1.54) is 12.8 Å². The summed E-state index contributed by atoms with van der Waals surface area (Å²) < 4.78 is 0. The van der Waals surface area contributed by atoms with Gasteiger partial charge in [-0.15, -0.1) is 0 Å². The molecule has 0 heterocycles. The van der Waals surface area contributed by atoms with Gasteiger partial charge in [0, 0.05) is 0 Å². The molecular weight excluding hydrogens is 104 g/mol. The van der Waals surface area contributed by atoms with Gasteiger partial charge >= 0.3 is 0 Å². The summed E-state index contributed by atoms with van der Waals surface area (Å²) >= 11 is 4.10. The topological polar surface area (TPSA) is 0 Å². The van der Waals surface area contributed by atoms with Crippen LogP contribution in [0.2, 0.25) is 0 Å². The van der Waals surface area contributed by atoms with E-state index in [9.17, 15) is 0 Å². The van der Waals surface area contributed by atoms with Crippen molar-refractivity contribution in [2.24, 2.45) is 5.92 Å². The van der Waals surface area contributed by atoms with E-state index >= 15 is 0 Å². The fourth-order valence-corrected chi connectivity index (χ4v) is 0.682. The molecule has 0 amide bonds. The van der Waals surface area contributed by atoms with Gasteiger partial charge in [-0.05, 0) is 18.1 Å². The third kappa shape index (κ3) is 6.35. The molecular formula is C6H14S. The van der Waals surface area contributed by atoms with Crippen molar-refractivity contribution in [2.75, 3.05) is 5.75 Å². The number of thiol groups is 1. The Morgan fingerprint density at radius 1 is 1.43 bits per heavy atom. The highest BCUT2D eigenvalue weighted by Crippen LogP contribution is 2.02. The minimum atomic E-state index is 0.854. The highest BCUT2D eigenvalue weighted by atomic mass is 32.1. The Hall–Kier alpha value is 0.350. The van der Waals surface area contributed by atoms with Crippen LogP contribution in [0.4, 0.5) is 0 Å². The van der Waals surface area contributed by atoms with Crippen LogP contribution >= 0.6 is 12.6 Å². The quantitative estimate of drug-likeness (QED) is 0.540. The number of hydrogen-bond donors (Lipinski definition) is 1. The third-order valence-corrected chi connectivity index (χ3v) is 1.26. The van der Waals surface area contributed by atoms with E-state index in [-0.39, 0.29) is 0 Å². The first-order valence-corrected chi connectivity index (χ1v) is 3.51. The summed E-state index contributed by atoms with van der Waals surface area (Å²) in [5, 5.41) is 0. The molecule has 0 aromatic heterocycles. The number of hydrogen-bond acceptors (Lipinski definition) is 1. The average molecular weight is 118 g/mol. The van der Waals surface area contributed by atoms with Crippen molar-refractivity contribution < 1.29 is 0 Å². The third-order valence-electron chi connectivity index (χ3n) is 0.940. The molecule has 0 bridgehead atoms. The van der Waals surface area contributed by atoms with Gasteiger partial charge in [-0.1, -0.05) is 20.3 Å². The van der Waals surface area contributed by atoms with Crippen LogP contribution in [0.3, 0.4) is 0 Å². The van der Waals surface area contributed by atoms with Crippen LogP contribution in [0.1, 0.15) is 26.7 Å². The Morgan fingerprint density at radius 3 is 2.14 bits per heavy atom. The van der Waals surface area contributed by atoms with Crippen molar-refractivity contribution >= 4 is 12.6 Å². The van der Waals surface area contributed by atoms with Crippen LogP contribution < -0.4 is 0 Å². The van der Waals surface area contributed by atoms with Crippen LogP contribution in [0, 0.1) is 5.92 Å². The SMILES string of the molecule is CC(C)CCCS. The van der Waals surface area contributed by atoms with Gasteiger partial charge in [-0.3, -0.25) is 0 Å². The monoisotopic (exact) mass is 118 g/mol. The fraction of sp³-hybridized carbons (Fsp3) is 1.00. The Balaban J connectivity index is 2.68. The molecule has 0 saturated heterocycles. The summed E-state index contributed by atoms with van der Waals surface area (Å²) in [5.41, 5.74) is 0. The van der Waals surface area contributed by atoms with Crippen LogP contribution in [0.15, 0.2) is 0 Å².